The highest BCUT2D eigenvalue weighted by molar-refractivity contribution is 7.54. The minimum absolute atomic E-state index is 0.0813. The van der Waals surface area contributed by atoms with Gasteiger partial charge in [0.25, 0.3) is 23.6 Å². The number of amides is 4. The smallest absolute Gasteiger partial charge is 0.497 e. The Labute approximate surface area is 424 Å². The SMILES string of the molecule is CCOC(=O)CCc1ccc(OC)c(C(=O)CCCCN2C(=O)c3ccccc3C2=O)c1.CCOC(=O)CCc1ccc(OC)cc1.O=C(Cl)CCCCN1C(=O)c2ccccc2C1=O.[Cl][Al]([Cl])[Cl]. The number of halogens is 4. The molecule has 368 valence electrons. The first-order chi connectivity index (χ1) is 33.1. The van der Waals surface area contributed by atoms with E-state index in [-0.39, 0.29) is 67.2 Å². The van der Waals surface area contributed by atoms with Gasteiger partial charge in [-0.3, -0.25) is 48.2 Å². The number of rotatable bonds is 21. The van der Waals surface area contributed by atoms with Crippen LogP contribution in [-0.2, 0) is 36.7 Å². The number of aryl methyl sites for hydroxylation is 2. The molecule has 69 heavy (non-hydrogen) atoms. The zero-order valence-electron chi connectivity index (χ0n) is 38.9. The highest BCUT2D eigenvalue weighted by Crippen LogP contribution is 2.26. The summed E-state index contributed by atoms with van der Waals surface area (Å²) in [5.41, 5.74) is 4.20. The van der Waals surface area contributed by atoms with E-state index in [4.69, 9.17) is 60.7 Å². The summed E-state index contributed by atoms with van der Waals surface area (Å²) in [7, 11) is 18.0. The molecule has 0 radical (unpaired) electrons. The second-order valence-corrected chi connectivity index (χ2v) is 21.9. The van der Waals surface area contributed by atoms with Crippen LogP contribution in [0.1, 0.15) is 128 Å². The van der Waals surface area contributed by atoms with Crippen LogP contribution in [0.25, 0.3) is 0 Å². The number of hydrogen-bond acceptors (Lipinski definition) is 12. The number of carbonyl (C=O) groups is 8. The first-order valence-corrected chi connectivity index (χ1v) is 27.8. The summed E-state index contributed by atoms with van der Waals surface area (Å²) >= 11 is 3.49. The number of ether oxygens (including phenoxy) is 4. The maximum Gasteiger partial charge on any atom is 0.643 e. The van der Waals surface area contributed by atoms with Gasteiger partial charge in [-0.15, -0.1) is 0 Å². The molecule has 2 heterocycles. The van der Waals surface area contributed by atoms with Gasteiger partial charge in [0.05, 0.1) is 55.3 Å². The Balaban J connectivity index is 0.000000287. The van der Waals surface area contributed by atoms with Crippen LogP contribution < -0.4 is 9.47 Å². The van der Waals surface area contributed by atoms with E-state index in [1.807, 2.05) is 37.3 Å². The Hall–Kier alpha value is -5.27. The maximum atomic E-state index is 12.8. The Morgan fingerprint density at radius 3 is 1.33 bits per heavy atom. The number of unbranched alkanes of at least 4 members (excludes halogenated alkanes) is 2. The summed E-state index contributed by atoms with van der Waals surface area (Å²) in [6.45, 7) is 4.96. The van der Waals surface area contributed by atoms with Gasteiger partial charge in [-0.2, -0.15) is 0 Å². The van der Waals surface area contributed by atoms with Crippen molar-refractivity contribution >= 4 is 99.7 Å². The lowest BCUT2D eigenvalue weighted by molar-refractivity contribution is -0.144. The number of imide groups is 2. The summed E-state index contributed by atoms with van der Waals surface area (Å²) in [5.74, 6) is -0.272. The molecular formula is C50H55AlCl4N2O12. The van der Waals surface area contributed by atoms with Gasteiger partial charge >= 0.3 is 23.3 Å². The molecule has 0 saturated carbocycles. The van der Waals surface area contributed by atoms with Gasteiger partial charge in [0, 0.05) is 38.8 Å². The number of methoxy groups -OCH3 is 2. The average Bonchev–Trinajstić information content (AvgIpc) is 3.73. The molecule has 0 spiro atoms. The Morgan fingerprint density at radius 2 is 0.942 bits per heavy atom. The first-order valence-electron chi connectivity index (χ1n) is 22.2. The van der Waals surface area contributed by atoms with Crippen molar-refractivity contribution in [2.45, 2.75) is 78.1 Å². The van der Waals surface area contributed by atoms with E-state index in [2.05, 4.69) is 0 Å². The van der Waals surface area contributed by atoms with Gasteiger partial charge in [-0.05, 0) is 124 Å². The predicted octanol–water partition coefficient (Wildman–Crippen LogP) is 9.94. The molecule has 4 aromatic carbocycles. The van der Waals surface area contributed by atoms with E-state index in [0.29, 0.717) is 98.3 Å². The van der Waals surface area contributed by atoms with Crippen molar-refractivity contribution in [3.8, 4) is 11.5 Å². The lowest BCUT2D eigenvalue weighted by Crippen LogP contribution is -2.30. The Morgan fingerprint density at radius 1 is 0.536 bits per heavy atom. The molecule has 0 bridgehead atoms. The van der Waals surface area contributed by atoms with Crippen molar-refractivity contribution in [1.29, 1.82) is 0 Å². The van der Waals surface area contributed by atoms with Gasteiger partial charge in [-0.25, -0.2) is 30.1 Å². The van der Waals surface area contributed by atoms with Gasteiger partial charge in [0.15, 0.2) is 5.78 Å². The molecule has 4 amide bonds. The van der Waals surface area contributed by atoms with Crippen LogP contribution in [0.15, 0.2) is 91.0 Å². The third-order valence-electron chi connectivity index (χ3n) is 10.4. The predicted molar refractivity (Wildman–Crippen MR) is 266 cm³/mol. The molecule has 2 aliphatic heterocycles. The molecule has 0 N–H and O–H groups in total. The van der Waals surface area contributed by atoms with Crippen LogP contribution in [0.2, 0.25) is 0 Å². The van der Waals surface area contributed by atoms with Gasteiger partial charge in [-0.1, -0.05) is 42.5 Å². The number of benzene rings is 4. The topological polar surface area (TPSA) is 180 Å². The summed E-state index contributed by atoms with van der Waals surface area (Å²) in [5, 5.41) is -0.391. The number of nitrogens with zero attached hydrogens (tertiary/aromatic N) is 2. The molecule has 0 aliphatic carbocycles. The summed E-state index contributed by atoms with van der Waals surface area (Å²) in [6, 6.07) is 26.6. The Kier molecular flexibility index (Phi) is 26.1. The van der Waals surface area contributed by atoms with E-state index < -0.39 is 16.6 Å². The minimum atomic E-state index is -1.72. The number of fused-ring (bicyclic) bond motifs is 2. The highest BCUT2D eigenvalue weighted by atomic mass is 35.8. The number of carbonyl (C=O) groups excluding carboxylic acids is 8. The van der Waals surface area contributed by atoms with Crippen molar-refractivity contribution in [1.82, 2.24) is 9.80 Å². The summed E-state index contributed by atoms with van der Waals surface area (Å²) in [4.78, 5) is 97.2. The third kappa shape index (κ3) is 19.2. The van der Waals surface area contributed by atoms with E-state index in [1.165, 1.54) is 16.9 Å². The lowest BCUT2D eigenvalue weighted by atomic mass is 10.00. The lowest BCUT2D eigenvalue weighted by Gasteiger charge is -2.14. The molecule has 0 atom stereocenters. The first kappa shape index (κ1) is 58.0. The van der Waals surface area contributed by atoms with E-state index in [9.17, 15) is 38.4 Å². The normalized spacial score (nSPS) is 12.0. The molecule has 14 nitrogen and oxygen atoms in total. The molecule has 4 aromatic rings. The monoisotopic (exact) mass is 1040 g/mol. The van der Waals surface area contributed by atoms with Crippen LogP contribution in [0, 0.1) is 0 Å². The third-order valence-corrected chi connectivity index (χ3v) is 10.6. The minimum Gasteiger partial charge on any atom is -0.497 e. The van der Waals surface area contributed by atoms with Crippen LogP contribution in [0.5, 0.6) is 11.5 Å². The standard InChI is InChI=1S/C25H27NO6.C13H12ClNO3.C12H16O3.Al.3ClH/c1-3-32-23(28)14-12-17-11-13-22(31-2)20(16-17)21(27)10-6-7-15-26-24(29)18-8-4-5-9-19(18)25(26)30;14-11(16)7-3-4-8-15-12(17)9-5-1-2-6-10(9)13(15)18;1-3-15-12(13)9-6-10-4-7-11(14-2)8-5-10;;;;/h4-5,8-9,11,13,16H,3,6-7,10,12,14-15H2,1-2H3;1-2,5-6H,3-4,7-8H2;4-5,7-8H,3,6,9H2,1-2H3;;3*1H/q;;;+3;;;/p-3. The second-order valence-electron chi connectivity index (χ2n) is 15.0. The van der Waals surface area contributed by atoms with E-state index >= 15 is 0 Å². The van der Waals surface area contributed by atoms with Crippen molar-refractivity contribution in [2.24, 2.45) is 0 Å². The van der Waals surface area contributed by atoms with Crippen LogP contribution >= 0.6 is 41.7 Å². The van der Waals surface area contributed by atoms with Crippen molar-refractivity contribution < 1.29 is 57.3 Å². The molecule has 6 rings (SSSR count). The number of ketones is 1. The fraction of sp³-hybridized carbons (Fsp3) is 0.360. The van der Waals surface area contributed by atoms with Crippen LogP contribution in [0.4, 0.5) is 0 Å². The highest BCUT2D eigenvalue weighted by Gasteiger charge is 2.35. The molecule has 0 saturated heterocycles. The van der Waals surface area contributed by atoms with Crippen molar-refractivity contribution in [3.63, 3.8) is 0 Å². The van der Waals surface area contributed by atoms with E-state index in [1.54, 1.807) is 74.7 Å². The molecule has 0 aromatic heterocycles. The summed E-state index contributed by atoms with van der Waals surface area (Å²) < 4.78 is 20.2. The van der Waals surface area contributed by atoms with E-state index in [0.717, 1.165) is 16.9 Å². The number of Topliss-reactive ketones (excluding diaryl/α,β-unsaturated/α-hetero) is 1. The number of esters is 2. The van der Waals surface area contributed by atoms with Gasteiger partial charge in [0.1, 0.15) is 11.5 Å². The number of hydrogen-bond donors (Lipinski definition) is 0. The zero-order valence-corrected chi connectivity index (χ0v) is 43.1. The van der Waals surface area contributed by atoms with Crippen molar-refractivity contribution in [3.05, 3.63) is 130 Å². The second kappa shape index (κ2) is 31.1. The maximum absolute atomic E-state index is 12.8. The molecule has 19 heteroatoms. The largest absolute Gasteiger partial charge is 0.643 e. The zero-order chi connectivity index (χ0) is 50.9. The fourth-order valence-electron chi connectivity index (χ4n) is 6.99. The molecule has 0 fully saturated rings. The van der Waals surface area contributed by atoms with Crippen LogP contribution in [-0.4, -0.2) is 108 Å². The van der Waals surface area contributed by atoms with Crippen molar-refractivity contribution in [2.75, 3.05) is 40.5 Å². The quantitative estimate of drug-likeness (QED) is 0.0193. The molecule has 2 aliphatic rings. The Bertz CT molecular complexity index is 2330. The average molecular weight is 1040 g/mol. The fourth-order valence-corrected chi connectivity index (χ4v) is 7.12. The molecule has 0 unspecified atom stereocenters. The van der Waals surface area contributed by atoms with Crippen LogP contribution in [0.3, 0.4) is 0 Å². The summed E-state index contributed by atoms with van der Waals surface area (Å²) in [6.07, 6.45) is 4.62. The molecular weight excluding hydrogens is 989 g/mol. The van der Waals surface area contributed by atoms with Gasteiger partial charge < -0.3 is 18.9 Å². The van der Waals surface area contributed by atoms with Gasteiger partial charge in [0.2, 0.25) is 5.24 Å².